The zero-order valence-corrected chi connectivity index (χ0v) is 20.9. The summed E-state index contributed by atoms with van der Waals surface area (Å²) in [6.45, 7) is 5.37. The Morgan fingerprint density at radius 3 is 2.47 bits per heavy atom. The zero-order chi connectivity index (χ0) is 24.1. The third kappa shape index (κ3) is 5.62. The highest BCUT2D eigenvalue weighted by Crippen LogP contribution is 2.29. The molecule has 0 aliphatic carbocycles. The summed E-state index contributed by atoms with van der Waals surface area (Å²) in [6.07, 6.45) is 1.21. The van der Waals surface area contributed by atoms with E-state index in [0.29, 0.717) is 31.1 Å². The first-order chi connectivity index (χ1) is 16.4. The number of carbonyl (C=O) groups is 2. The van der Waals surface area contributed by atoms with Gasteiger partial charge in [0.15, 0.2) is 11.0 Å². The first kappa shape index (κ1) is 24.3. The minimum atomic E-state index is 0.0558. The molecule has 2 heterocycles. The normalized spacial score (nSPS) is 16.0. The summed E-state index contributed by atoms with van der Waals surface area (Å²) in [5.74, 6) is 1.71. The summed E-state index contributed by atoms with van der Waals surface area (Å²) in [7, 11) is 0. The summed E-state index contributed by atoms with van der Waals surface area (Å²) in [4.78, 5) is 28.1. The van der Waals surface area contributed by atoms with Crippen molar-refractivity contribution in [1.82, 2.24) is 24.6 Å². The molecule has 2 amide bonds. The first-order valence-electron chi connectivity index (χ1n) is 11.4. The van der Waals surface area contributed by atoms with Crippen molar-refractivity contribution < 1.29 is 9.59 Å². The van der Waals surface area contributed by atoms with E-state index in [1.807, 2.05) is 75.9 Å². The van der Waals surface area contributed by atoms with Crippen LogP contribution in [0, 0.1) is 0 Å². The van der Waals surface area contributed by atoms with E-state index in [1.165, 1.54) is 0 Å². The molecule has 1 fully saturated rings. The molecule has 7 nitrogen and oxygen atoms in total. The number of thioether (sulfide) groups is 1. The second-order valence-corrected chi connectivity index (χ2v) is 9.84. The van der Waals surface area contributed by atoms with E-state index in [4.69, 9.17) is 11.6 Å². The second-order valence-electron chi connectivity index (χ2n) is 8.34. The van der Waals surface area contributed by atoms with Gasteiger partial charge in [0.25, 0.3) is 0 Å². The fourth-order valence-electron chi connectivity index (χ4n) is 4.16. The van der Waals surface area contributed by atoms with E-state index in [-0.39, 0.29) is 17.9 Å². The van der Waals surface area contributed by atoms with E-state index in [0.717, 1.165) is 34.4 Å². The largest absolute Gasteiger partial charge is 0.339 e. The molecule has 0 radical (unpaired) electrons. The van der Waals surface area contributed by atoms with Crippen molar-refractivity contribution >= 4 is 35.2 Å². The number of rotatable bonds is 7. The Balaban J connectivity index is 1.39. The maximum atomic E-state index is 12.7. The maximum absolute atomic E-state index is 12.7. The molecule has 1 aliphatic heterocycles. The Kier molecular flexibility index (Phi) is 7.90. The topological polar surface area (TPSA) is 71.3 Å². The molecule has 178 valence electrons. The molecule has 34 heavy (non-hydrogen) atoms. The fraction of sp³-hybridized carbons (Fsp3) is 0.360. The van der Waals surface area contributed by atoms with Crippen molar-refractivity contribution in [2.75, 3.05) is 25.4 Å². The summed E-state index contributed by atoms with van der Waals surface area (Å²) >= 11 is 7.65. The van der Waals surface area contributed by atoms with Crippen LogP contribution in [0.25, 0.3) is 17.1 Å². The zero-order valence-electron chi connectivity index (χ0n) is 19.4. The Hall–Kier alpha value is -2.84. The molecule has 3 aromatic rings. The van der Waals surface area contributed by atoms with Crippen molar-refractivity contribution in [2.24, 2.45) is 0 Å². The van der Waals surface area contributed by atoms with E-state index in [1.54, 1.807) is 18.7 Å². The summed E-state index contributed by atoms with van der Waals surface area (Å²) in [5, 5.41) is 10.4. The molecular weight excluding hydrogens is 470 g/mol. The number of carbonyl (C=O) groups excluding carboxylic acids is 2. The molecule has 4 rings (SSSR count). The molecule has 9 heteroatoms. The van der Waals surface area contributed by atoms with E-state index in [2.05, 4.69) is 10.2 Å². The predicted molar refractivity (Wildman–Crippen MR) is 135 cm³/mol. The van der Waals surface area contributed by atoms with Crippen LogP contribution in [0.15, 0.2) is 59.8 Å². The van der Waals surface area contributed by atoms with Crippen LogP contribution < -0.4 is 0 Å². The van der Waals surface area contributed by atoms with Gasteiger partial charge >= 0.3 is 0 Å². The third-order valence-corrected chi connectivity index (χ3v) is 7.17. The molecule has 2 aromatic carbocycles. The number of aromatic nitrogens is 3. The smallest absolute Gasteiger partial charge is 0.222 e. The number of nitrogens with zero attached hydrogens (tertiary/aromatic N) is 5. The highest BCUT2D eigenvalue weighted by molar-refractivity contribution is 7.99. The van der Waals surface area contributed by atoms with Gasteiger partial charge in [0.1, 0.15) is 0 Å². The second kappa shape index (κ2) is 11.1. The standard InChI is InChI=1S/C25H28ClN5O2S/c1-18-17-29(14-15-30(18)19(2)32)23(33)9-6-16-34-25-28-27-24(20-10-12-21(26)13-11-20)31(25)22-7-4-3-5-8-22/h3-5,7-8,10-13,18H,6,9,14-17H2,1-2H3. The van der Waals surface area contributed by atoms with Crippen molar-refractivity contribution in [1.29, 1.82) is 0 Å². The minimum Gasteiger partial charge on any atom is -0.339 e. The van der Waals surface area contributed by atoms with Crippen LogP contribution in [0.3, 0.4) is 0 Å². The Morgan fingerprint density at radius 1 is 1.06 bits per heavy atom. The van der Waals surface area contributed by atoms with Crippen molar-refractivity contribution in [3.05, 3.63) is 59.6 Å². The molecule has 0 N–H and O–H groups in total. The fourth-order valence-corrected chi connectivity index (χ4v) is 5.17. The molecule has 1 saturated heterocycles. The number of halogens is 1. The Bertz CT molecular complexity index is 1140. The molecule has 0 spiro atoms. The minimum absolute atomic E-state index is 0.0558. The van der Waals surface area contributed by atoms with Gasteiger partial charge in [-0.2, -0.15) is 0 Å². The molecule has 1 unspecified atom stereocenters. The lowest BCUT2D eigenvalue weighted by Gasteiger charge is -2.39. The van der Waals surface area contributed by atoms with Crippen molar-refractivity contribution in [3.63, 3.8) is 0 Å². The number of piperazine rings is 1. The molecule has 1 aromatic heterocycles. The number of hydrogen-bond acceptors (Lipinski definition) is 5. The molecular formula is C25H28ClN5O2S. The number of hydrogen-bond donors (Lipinski definition) is 0. The number of para-hydroxylation sites is 1. The average Bonchev–Trinajstić information content (AvgIpc) is 3.26. The number of benzene rings is 2. The first-order valence-corrected chi connectivity index (χ1v) is 12.7. The number of amides is 2. The molecule has 1 aliphatic rings. The van der Waals surface area contributed by atoms with Gasteiger partial charge < -0.3 is 9.80 Å². The van der Waals surface area contributed by atoms with E-state index in [9.17, 15) is 9.59 Å². The van der Waals surface area contributed by atoms with Gasteiger partial charge in [-0.05, 0) is 49.7 Å². The lowest BCUT2D eigenvalue weighted by Crippen LogP contribution is -2.54. The van der Waals surface area contributed by atoms with Crippen LogP contribution in [-0.4, -0.2) is 67.8 Å². The van der Waals surface area contributed by atoms with Gasteiger partial charge in [0.05, 0.1) is 0 Å². The predicted octanol–water partition coefficient (Wildman–Crippen LogP) is 4.54. The van der Waals surface area contributed by atoms with Crippen LogP contribution in [0.1, 0.15) is 26.7 Å². The average molecular weight is 498 g/mol. The Morgan fingerprint density at radius 2 is 1.79 bits per heavy atom. The van der Waals surface area contributed by atoms with Crippen LogP contribution in [0.4, 0.5) is 0 Å². The van der Waals surface area contributed by atoms with Gasteiger partial charge in [-0.15, -0.1) is 10.2 Å². The quantitative estimate of drug-likeness (QED) is 0.354. The van der Waals surface area contributed by atoms with Crippen LogP contribution in [0.5, 0.6) is 0 Å². The van der Waals surface area contributed by atoms with E-state index >= 15 is 0 Å². The van der Waals surface area contributed by atoms with Crippen LogP contribution >= 0.6 is 23.4 Å². The highest BCUT2D eigenvalue weighted by atomic mass is 35.5. The third-order valence-electron chi connectivity index (χ3n) is 5.90. The molecule has 1 atom stereocenters. The van der Waals surface area contributed by atoms with Gasteiger partial charge in [-0.3, -0.25) is 14.2 Å². The van der Waals surface area contributed by atoms with Gasteiger partial charge in [0.2, 0.25) is 11.8 Å². The van der Waals surface area contributed by atoms with Crippen molar-refractivity contribution in [2.45, 2.75) is 37.9 Å². The van der Waals surface area contributed by atoms with Gasteiger partial charge in [-0.25, -0.2) is 0 Å². The SMILES string of the molecule is CC(=O)N1CCN(C(=O)CCCSc2nnc(-c3ccc(Cl)cc3)n2-c2ccccc2)CC1C. The summed E-state index contributed by atoms with van der Waals surface area (Å²) < 4.78 is 2.04. The Labute approximate surface area is 209 Å². The molecule has 0 saturated carbocycles. The monoisotopic (exact) mass is 497 g/mol. The van der Waals surface area contributed by atoms with Gasteiger partial charge in [-0.1, -0.05) is 41.6 Å². The summed E-state index contributed by atoms with van der Waals surface area (Å²) in [6, 6.07) is 17.6. The van der Waals surface area contributed by atoms with Crippen molar-refractivity contribution in [3.8, 4) is 17.1 Å². The lowest BCUT2D eigenvalue weighted by molar-refractivity contribution is -0.141. The summed E-state index contributed by atoms with van der Waals surface area (Å²) in [5.41, 5.74) is 1.91. The lowest BCUT2D eigenvalue weighted by atomic mass is 10.1. The van der Waals surface area contributed by atoms with Crippen LogP contribution in [-0.2, 0) is 9.59 Å². The van der Waals surface area contributed by atoms with Crippen LogP contribution in [0.2, 0.25) is 5.02 Å². The molecule has 0 bridgehead atoms. The van der Waals surface area contributed by atoms with Gasteiger partial charge in [0, 0.05) is 61.0 Å². The van der Waals surface area contributed by atoms with E-state index < -0.39 is 0 Å². The highest BCUT2D eigenvalue weighted by Gasteiger charge is 2.27. The maximum Gasteiger partial charge on any atom is 0.222 e.